The van der Waals surface area contributed by atoms with Gasteiger partial charge in [-0.15, -0.1) is 11.3 Å². The standard InChI is InChI=1S/C24H19FN4O3S/c1-24(17-8-4-15(13-26)5-9-17)22(31)29(23(32)28-24)14-20(30)27-21(19-3-2-12-33-19)16-6-10-18(25)11-7-16/h2-12,21H,14H2,1H3,(H,27,30)(H,28,32). The molecule has 4 amide bonds. The minimum Gasteiger partial charge on any atom is -0.343 e. The van der Waals surface area contributed by atoms with Gasteiger partial charge >= 0.3 is 6.03 Å². The van der Waals surface area contributed by atoms with Crippen molar-refractivity contribution < 1.29 is 18.8 Å². The average molecular weight is 463 g/mol. The number of amides is 4. The Balaban J connectivity index is 1.52. The zero-order valence-corrected chi connectivity index (χ0v) is 18.4. The lowest BCUT2D eigenvalue weighted by Gasteiger charge is -2.23. The summed E-state index contributed by atoms with van der Waals surface area (Å²) in [6.07, 6.45) is 0. The van der Waals surface area contributed by atoms with E-state index in [2.05, 4.69) is 10.6 Å². The van der Waals surface area contributed by atoms with Gasteiger partial charge in [-0.1, -0.05) is 30.3 Å². The maximum Gasteiger partial charge on any atom is 0.325 e. The lowest BCUT2D eigenvalue weighted by Crippen LogP contribution is -2.44. The Morgan fingerprint density at radius 3 is 2.48 bits per heavy atom. The summed E-state index contributed by atoms with van der Waals surface area (Å²) in [5, 5.41) is 16.3. The average Bonchev–Trinajstić information content (AvgIpc) is 3.42. The molecule has 1 aliphatic heterocycles. The molecule has 1 aliphatic rings. The van der Waals surface area contributed by atoms with Gasteiger partial charge in [0, 0.05) is 4.88 Å². The number of nitriles is 1. The van der Waals surface area contributed by atoms with Crippen molar-refractivity contribution >= 4 is 29.2 Å². The molecule has 0 radical (unpaired) electrons. The van der Waals surface area contributed by atoms with Crippen LogP contribution in [0.4, 0.5) is 9.18 Å². The highest BCUT2D eigenvalue weighted by molar-refractivity contribution is 7.10. The number of benzene rings is 2. The molecular formula is C24H19FN4O3S. The van der Waals surface area contributed by atoms with Gasteiger partial charge in [-0.25, -0.2) is 9.18 Å². The topological polar surface area (TPSA) is 102 Å². The Bertz CT molecular complexity index is 1240. The number of carbonyl (C=O) groups excluding carboxylic acids is 3. The number of halogens is 1. The molecule has 4 rings (SSSR count). The highest BCUT2D eigenvalue weighted by Gasteiger charge is 2.49. The first-order chi connectivity index (χ1) is 15.8. The molecule has 2 heterocycles. The van der Waals surface area contributed by atoms with E-state index in [9.17, 15) is 18.8 Å². The molecule has 166 valence electrons. The summed E-state index contributed by atoms with van der Waals surface area (Å²) < 4.78 is 13.4. The van der Waals surface area contributed by atoms with Gasteiger partial charge in [-0.3, -0.25) is 14.5 Å². The zero-order chi connectivity index (χ0) is 23.6. The van der Waals surface area contributed by atoms with Gasteiger partial charge in [0.1, 0.15) is 17.9 Å². The lowest BCUT2D eigenvalue weighted by atomic mass is 9.91. The molecule has 7 nitrogen and oxygen atoms in total. The number of imide groups is 1. The van der Waals surface area contributed by atoms with Crippen LogP contribution in [0.25, 0.3) is 0 Å². The van der Waals surface area contributed by atoms with Crippen molar-refractivity contribution in [2.24, 2.45) is 0 Å². The molecule has 2 aromatic carbocycles. The number of nitrogens with zero attached hydrogens (tertiary/aromatic N) is 2. The van der Waals surface area contributed by atoms with E-state index >= 15 is 0 Å². The molecule has 9 heteroatoms. The second kappa shape index (κ2) is 8.84. The fourth-order valence-corrected chi connectivity index (χ4v) is 4.50. The lowest BCUT2D eigenvalue weighted by molar-refractivity contribution is -0.135. The van der Waals surface area contributed by atoms with Gasteiger partial charge in [-0.2, -0.15) is 5.26 Å². The van der Waals surface area contributed by atoms with E-state index in [-0.39, 0.29) is 0 Å². The van der Waals surface area contributed by atoms with Crippen LogP contribution in [-0.4, -0.2) is 29.3 Å². The quantitative estimate of drug-likeness (QED) is 0.548. The molecule has 1 fully saturated rings. The van der Waals surface area contributed by atoms with Gasteiger partial charge < -0.3 is 10.6 Å². The Labute approximate surface area is 193 Å². The maximum atomic E-state index is 13.4. The number of urea groups is 1. The summed E-state index contributed by atoms with van der Waals surface area (Å²) >= 11 is 1.42. The summed E-state index contributed by atoms with van der Waals surface area (Å²) in [6, 6.07) is 16.5. The van der Waals surface area contributed by atoms with E-state index in [1.54, 1.807) is 43.3 Å². The summed E-state index contributed by atoms with van der Waals surface area (Å²) in [5.41, 5.74) is 0.253. The zero-order valence-electron chi connectivity index (χ0n) is 17.5. The molecule has 33 heavy (non-hydrogen) atoms. The van der Waals surface area contributed by atoms with Crippen LogP contribution in [0.3, 0.4) is 0 Å². The highest BCUT2D eigenvalue weighted by Crippen LogP contribution is 2.30. The number of hydrogen-bond donors (Lipinski definition) is 2. The van der Waals surface area contributed by atoms with E-state index in [1.807, 2.05) is 23.6 Å². The van der Waals surface area contributed by atoms with Crippen LogP contribution >= 0.6 is 11.3 Å². The molecule has 2 N–H and O–H groups in total. The number of rotatable bonds is 6. The van der Waals surface area contributed by atoms with Crippen LogP contribution < -0.4 is 10.6 Å². The van der Waals surface area contributed by atoms with Gasteiger partial charge in [0.25, 0.3) is 5.91 Å². The first-order valence-corrected chi connectivity index (χ1v) is 10.9. The molecule has 0 bridgehead atoms. The van der Waals surface area contributed by atoms with Crippen molar-refractivity contribution in [3.8, 4) is 6.07 Å². The Morgan fingerprint density at radius 2 is 1.88 bits per heavy atom. The van der Waals surface area contributed by atoms with E-state index < -0.39 is 41.8 Å². The third-order valence-electron chi connectivity index (χ3n) is 5.50. The van der Waals surface area contributed by atoms with Crippen molar-refractivity contribution in [2.45, 2.75) is 18.5 Å². The molecular weight excluding hydrogens is 443 g/mol. The number of thiophene rings is 1. The van der Waals surface area contributed by atoms with E-state index in [0.29, 0.717) is 16.7 Å². The summed E-state index contributed by atoms with van der Waals surface area (Å²) in [4.78, 5) is 40.3. The van der Waals surface area contributed by atoms with Gasteiger partial charge in [0.2, 0.25) is 5.91 Å². The number of nitrogens with one attached hydrogen (secondary N) is 2. The third kappa shape index (κ3) is 4.33. The summed E-state index contributed by atoms with van der Waals surface area (Å²) in [5.74, 6) is -1.50. The normalized spacial score (nSPS) is 18.5. The number of carbonyl (C=O) groups is 3. The van der Waals surface area contributed by atoms with Crippen molar-refractivity contribution in [1.29, 1.82) is 5.26 Å². The van der Waals surface area contributed by atoms with Crippen LogP contribution in [0.2, 0.25) is 0 Å². The predicted molar refractivity (Wildman–Crippen MR) is 119 cm³/mol. The molecule has 0 spiro atoms. The Hall–Kier alpha value is -4.03. The molecule has 1 aromatic heterocycles. The predicted octanol–water partition coefficient (Wildman–Crippen LogP) is 3.43. The van der Waals surface area contributed by atoms with E-state index in [1.165, 1.54) is 23.5 Å². The second-order valence-electron chi connectivity index (χ2n) is 7.70. The van der Waals surface area contributed by atoms with Crippen LogP contribution in [-0.2, 0) is 15.1 Å². The van der Waals surface area contributed by atoms with E-state index in [0.717, 1.165) is 9.78 Å². The highest BCUT2D eigenvalue weighted by atomic mass is 32.1. The van der Waals surface area contributed by atoms with Crippen LogP contribution in [0.15, 0.2) is 66.0 Å². The monoisotopic (exact) mass is 462 g/mol. The molecule has 2 unspecified atom stereocenters. The maximum absolute atomic E-state index is 13.4. The van der Waals surface area contributed by atoms with Crippen LogP contribution in [0.1, 0.15) is 34.5 Å². The van der Waals surface area contributed by atoms with Gasteiger partial charge in [0.05, 0.1) is 17.7 Å². The molecule has 2 atom stereocenters. The second-order valence-corrected chi connectivity index (χ2v) is 8.68. The Morgan fingerprint density at radius 1 is 1.18 bits per heavy atom. The molecule has 0 aliphatic carbocycles. The third-order valence-corrected chi connectivity index (χ3v) is 6.44. The van der Waals surface area contributed by atoms with Crippen LogP contribution in [0.5, 0.6) is 0 Å². The number of hydrogen-bond acceptors (Lipinski definition) is 5. The first-order valence-electron chi connectivity index (χ1n) is 10.0. The minimum atomic E-state index is -1.35. The smallest absolute Gasteiger partial charge is 0.325 e. The molecule has 0 saturated carbocycles. The van der Waals surface area contributed by atoms with Crippen LogP contribution in [0, 0.1) is 17.1 Å². The van der Waals surface area contributed by atoms with Crippen molar-refractivity contribution in [3.05, 3.63) is 93.4 Å². The largest absolute Gasteiger partial charge is 0.343 e. The summed E-state index contributed by atoms with van der Waals surface area (Å²) in [6.45, 7) is 1.08. The van der Waals surface area contributed by atoms with Gasteiger partial charge in [-0.05, 0) is 53.8 Å². The van der Waals surface area contributed by atoms with E-state index in [4.69, 9.17) is 5.26 Å². The van der Waals surface area contributed by atoms with Crippen molar-refractivity contribution in [1.82, 2.24) is 15.5 Å². The SMILES string of the molecule is CC1(c2ccc(C#N)cc2)NC(=O)N(CC(=O)NC(c2ccc(F)cc2)c2cccs2)C1=O. The van der Waals surface area contributed by atoms with Crippen molar-refractivity contribution in [2.75, 3.05) is 6.54 Å². The first kappa shape index (κ1) is 22.2. The fourth-order valence-electron chi connectivity index (χ4n) is 3.69. The Kier molecular flexibility index (Phi) is 5.94. The summed E-state index contributed by atoms with van der Waals surface area (Å²) in [7, 11) is 0. The fraction of sp³-hybridized carbons (Fsp3) is 0.167. The molecule has 1 saturated heterocycles. The van der Waals surface area contributed by atoms with Gasteiger partial charge in [0.15, 0.2) is 0 Å². The molecule has 3 aromatic rings. The van der Waals surface area contributed by atoms with Crippen molar-refractivity contribution in [3.63, 3.8) is 0 Å². The minimum absolute atomic E-state index is 0.392.